The number of ketones is 1. The van der Waals surface area contributed by atoms with Crippen molar-refractivity contribution in [2.75, 3.05) is 13.7 Å². The maximum Gasteiger partial charge on any atom is 0.185 e. The normalized spacial score (nSPS) is 11.4. The molecule has 2 rings (SSSR count). The average molecular weight is 425 g/mol. The van der Waals surface area contributed by atoms with Crippen LogP contribution >= 0.6 is 11.6 Å². The fourth-order valence-corrected chi connectivity index (χ4v) is 2.87. The van der Waals surface area contributed by atoms with Gasteiger partial charge in [-0.1, -0.05) is 47.0 Å². The fraction of sp³-hybridized carbons (Fsp3) is 0.269. The molecule has 0 aliphatic carbocycles. The Labute approximate surface area is 184 Å². The van der Waals surface area contributed by atoms with Crippen LogP contribution in [0.3, 0.4) is 0 Å². The molecule has 0 saturated carbocycles. The van der Waals surface area contributed by atoms with Crippen molar-refractivity contribution in [3.63, 3.8) is 0 Å². The summed E-state index contributed by atoms with van der Waals surface area (Å²) >= 11 is 5.88. The molecule has 2 aromatic rings. The minimum Gasteiger partial charge on any atom is -0.493 e. The highest BCUT2D eigenvalue weighted by Gasteiger charge is 2.09. The van der Waals surface area contributed by atoms with E-state index in [4.69, 9.17) is 21.1 Å². The van der Waals surface area contributed by atoms with Crippen molar-refractivity contribution >= 4 is 23.5 Å². The van der Waals surface area contributed by atoms with Gasteiger partial charge in [0, 0.05) is 10.6 Å². The molecule has 0 amide bonds. The SMILES string of the molecule is COc1cc(C(=O)/C=C/c2ccc(Cl)cc2)ccc1OC/C=C(\C)CCC=C(C)C. The van der Waals surface area contributed by atoms with Gasteiger partial charge < -0.3 is 9.47 Å². The summed E-state index contributed by atoms with van der Waals surface area (Å²) in [4.78, 5) is 12.5. The number of rotatable bonds is 10. The van der Waals surface area contributed by atoms with Crippen molar-refractivity contribution in [3.05, 3.63) is 88.0 Å². The van der Waals surface area contributed by atoms with E-state index in [-0.39, 0.29) is 5.78 Å². The molecule has 0 saturated heterocycles. The number of benzene rings is 2. The third kappa shape index (κ3) is 7.92. The van der Waals surface area contributed by atoms with Crippen LogP contribution in [0.15, 0.2) is 71.8 Å². The molecule has 30 heavy (non-hydrogen) atoms. The van der Waals surface area contributed by atoms with Crippen molar-refractivity contribution in [2.45, 2.75) is 33.6 Å². The lowest BCUT2D eigenvalue weighted by atomic mass is 10.1. The molecule has 158 valence electrons. The number of carbonyl (C=O) groups is 1. The number of carbonyl (C=O) groups excluding carboxylic acids is 1. The van der Waals surface area contributed by atoms with Gasteiger partial charge in [0.1, 0.15) is 6.61 Å². The van der Waals surface area contributed by atoms with Crippen LogP contribution in [0, 0.1) is 0 Å². The lowest BCUT2D eigenvalue weighted by Gasteiger charge is -2.10. The molecule has 0 aliphatic heterocycles. The Morgan fingerprint density at radius 2 is 1.73 bits per heavy atom. The van der Waals surface area contributed by atoms with Crippen molar-refractivity contribution < 1.29 is 14.3 Å². The van der Waals surface area contributed by atoms with E-state index in [0.29, 0.717) is 28.7 Å². The van der Waals surface area contributed by atoms with Gasteiger partial charge in [0.25, 0.3) is 0 Å². The third-order valence-electron chi connectivity index (χ3n) is 4.51. The molecule has 0 unspecified atom stereocenters. The van der Waals surface area contributed by atoms with Crippen molar-refractivity contribution in [1.82, 2.24) is 0 Å². The van der Waals surface area contributed by atoms with Crippen LogP contribution < -0.4 is 9.47 Å². The highest BCUT2D eigenvalue weighted by atomic mass is 35.5. The summed E-state index contributed by atoms with van der Waals surface area (Å²) in [5, 5.41) is 0.664. The van der Waals surface area contributed by atoms with E-state index in [1.807, 2.05) is 12.1 Å². The highest BCUT2D eigenvalue weighted by Crippen LogP contribution is 2.28. The average Bonchev–Trinajstić information content (AvgIpc) is 2.73. The first-order valence-electron chi connectivity index (χ1n) is 9.97. The van der Waals surface area contributed by atoms with Crippen LogP contribution in [-0.4, -0.2) is 19.5 Å². The molecule has 2 aromatic carbocycles. The molecule has 0 atom stereocenters. The summed E-state index contributed by atoms with van der Waals surface area (Å²) in [6, 6.07) is 12.5. The number of ether oxygens (including phenoxy) is 2. The van der Waals surface area contributed by atoms with E-state index in [2.05, 4.69) is 32.9 Å². The zero-order valence-electron chi connectivity index (χ0n) is 18.1. The lowest BCUT2D eigenvalue weighted by molar-refractivity contribution is 0.104. The largest absolute Gasteiger partial charge is 0.493 e. The predicted molar refractivity (Wildman–Crippen MR) is 126 cm³/mol. The van der Waals surface area contributed by atoms with Crippen molar-refractivity contribution in [3.8, 4) is 11.5 Å². The van der Waals surface area contributed by atoms with E-state index >= 15 is 0 Å². The van der Waals surface area contributed by atoms with Crippen LogP contribution in [0.2, 0.25) is 5.02 Å². The summed E-state index contributed by atoms with van der Waals surface area (Å²) in [5.41, 5.74) is 4.07. The molecule has 0 N–H and O–H groups in total. The Kier molecular flexibility index (Phi) is 9.43. The predicted octanol–water partition coefficient (Wildman–Crippen LogP) is 7.32. The lowest BCUT2D eigenvalue weighted by Crippen LogP contribution is -2.00. The summed E-state index contributed by atoms with van der Waals surface area (Å²) in [6.07, 6.45) is 9.66. The molecule has 0 radical (unpaired) electrons. The van der Waals surface area contributed by atoms with Crippen LogP contribution in [0.1, 0.15) is 49.5 Å². The highest BCUT2D eigenvalue weighted by molar-refractivity contribution is 6.30. The molecular weight excluding hydrogens is 396 g/mol. The second-order valence-electron chi connectivity index (χ2n) is 7.30. The van der Waals surface area contributed by atoms with E-state index < -0.39 is 0 Å². The molecule has 0 fully saturated rings. The molecule has 4 heteroatoms. The molecular formula is C26H29ClO3. The minimum atomic E-state index is -0.107. The molecule has 0 heterocycles. The monoisotopic (exact) mass is 424 g/mol. The van der Waals surface area contributed by atoms with Gasteiger partial charge in [0.2, 0.25) is 0 Å². The van der Waals surface area contributed by atoms with E-state index in [9.17, 15) is 4.79 Å². The first-order chi connectivity index (χ1) is 14.4. The van der Waals surface area contributed by atoms with Crippen LogP contribution in [0.4, 0.5) is 0 Å². The topological polar surface area (TPSA) is 35.5 Å². The third-order valence-corrected chi connectivity index (χ3v) is 4.76. The van der Waals surface area contributed by atoms with Crippen molar-refractivity contribution in [2.24, 2.45) is 0 Å². The van der Waals surface area contributed by atoms with Crippen LogP contribution in [0.25, 0.3) is 6.08 Å². The second-order valence-corrected chi connectivity index (χ2v) is 7.73. The maximum absolute atomic E-state index is 12.5. The van der Waals surface area contributed by atoms with Gasteiger partial charge in [-0.25, -0.2) is 0 Å². The number of allylic oxidation sites excluding steroid dienone is 4. The van der Waals surface area contributed by atoms with Gasteiger partial charge in [-0.05, 0) is 81.7 Å². The van der Waals surface area contributed by atoms with Crippen LogP contribution in [-0.2, 0) is 0 Å². The Hall–Kier alpha value is -2.78. The smallest absolute Gasteiger partial charge is 0.185 e. The van der Waals surface area contributed by atoms with Gasteiger partial charge in [-0.3, -0.25) is 4.79 Å². The van der Waals surface area contributed by atoms with Gasteiger partial charge in [0.05, 0.1) is 7.11 Å². The van der Waals surface area contributed by atoms with Gasteiger partial charge in [-0.15, -0.1) is 0 Å². The molecule has 0 spiro atoms. The number of hydrogen-bond donors (Lipinski definition) is 0. The zero-order chi connectivity index (χ0) is 21.9. The Morgan fingerprint density at radius 3 is 2.40 bits per heavy atom. The zero-order valence-corrected chi connectivity index (χ0v) is 18.8. The molecule has 0 bridgehead atoms. The van der Waals surface area contributed by atoms with Crippen LogP contribution in [0.5, 0.6) is 11.5 Å². The number of hydrogen-bond acceptors (Lipinski definition) is 3. The molecule has 0 aliphatic rings. The Balaban J connectivity index is 1.99. The molecule has 0 aromatic heterocycles. The number of methoxy groups -OCH3 is 1. The molecule has 3 nitrogen and oxygen atoms in total. The maximum atomic E-state index is 12.5. The van der Waals surface area contributed by atoms with Gasteiger partial charge in [0.15, 0.2) is 17.3 Å². The first-order valence-corrected chi connectivity index (χ1v) is 10.3. The minimum absolute atomic E-state index is 0.107. The fourth-order valence-electron chi connectivity index (χ4n) is 2.75. The Bertz CT molecular complexity index is 933. The van der Waals surface area contributed by atoms with E-state index in [0.717, 1.165) is 18.4 Å². The Morgan fingerprint density at radius 1 is 1.00 bits per heavy atom. The second kappa shape index (κ2) is 12.0. The standard InChI is InChI=1S/C26H29ClO3/c1-19(2)6-5-7-20(3)16-17-30-25-15-11-22(18-26(25)29-4)24(28)14-10-21-8-12-23(27)13-9-21/h6,8-16,18H,5,7,17H2,1-4H3/b14-10+,20-16+. The summed E-state index contributed by atoms with van der Waals surface area (Å²) < 4.78 is 11.3. The number of halogens is 1. The summed E-state index contributed by atoms with van der Waals surface area (Å²) in [6.45, 7) is 6.78. The van der Waals surface area contributed by atoms with Crippen molar-refractivity contribution in [1.29, 1.82) is 0 Å². The van der Waals surface area contributed by atoms with E-state index in [1.54, 1.807) is 43.5 Å². The van der Waals surface area contributed by atoms with Gasteiger partial charge in [-0.2, -0.15) is 0 Å². The summed E-state index contributed by atoms with van der Waals surface area (Å²) in [7, 11) is 1.57. The first kappa shape index (κ1) is 23.5. The quantitative estimate of drug-likeness (QED) is 0.228. The van der Waals surface area contributed by atoms with Gasteiger partial charge >= 0.3 is 0 Å². The summed E-state index contributed by atoms with van der Waals surface area (Å²) in [5.74, 6) is 1.05. The van der Waals surface area contributed by atoms with E-state index in [1.165, 1.54) is 17.2 Å².